The van der Waals surface area contributed by atoms with E-state index in [1.54, 1.807) is 36.5 Å². The van der Waals surface area contributed by atoms with Crippen molar-refractivity contribution in [2.24, 2.45) is 7.05 Å². The van der Waals surface area contributed by atoms with Crippen LogP contribution in [0.15, 0.2) is 66.4 Å². The Bertz CT molecular complexity index is 1780. The molecule has 2 aliphatic carbocycles. The standard InChI is InChI=1S/C35H35ClN4O4/c1-21(33(42)43)18-22-8-12-26(13-9-22)38-34(44)35(16-5-17-35)39-32(41)24-10-14-27-29(19-24)40(2)31(28-15-11-25(36)20-37-28)30(27)23-6-3-4-7-23/h8-15,18-20,23H,3-7,16-17H2,1-2H3,(H,38,44)(H,39,41)(H,42,43)/b21-18+. The van der Waals surface area contributed by atoms with E-state index in [2.05, 4.69) is 20.2 Å². The van der Waals surface area contributed by atoms with Crippen LogP contribution >= 0.6 is 11.6 Å². The number of nitrogens with zero attached hydrogens (tertiary/aromatic N) is 2. The van der Waals surface area contributed by atoms with Crippen molar-refractivity contribution in [3.63, 3.8) is 0 Å². The zero-order chi connectivity index (χ0) is 31.0. The van der Waals surface area contributed by atoms with Gasteiger partial charge in [0.15, 0.2) is 0 Å². The van der Waals surface area contributed by atoms with Crippen LogP contribution in [0.25, 0.3) is 28.4 Å². The number of rotatable bonds is 8. The van der Waals surface area contributed by atoms with Gasteiger partial charge in [0.05, 0.1) is 16.4 Å². The summed E-state index contributed by atoms with van der Waals surface area (Å²) in [7, 11) is 2.01. The van der Waals surface area contributed by atoms with Gasteiger partial charge in [-0.15, -0.1) is 0 Å². The molecular weight excluding hydrogens is 576 g/mol. The fourth-order valence-corrected chi connectivity index (χ4v) is 6.63. The number of halogens is 1. The molecule has 0 spiro atoms. The molecule has 226 valence electrons. The molecule has 2 amide bonds. The molecule has 0 atom stereocenters. The van der Waals surface area contributed by atoms with Gasteiger partial charge in [-0.05, 0) is 98.5 Å². The number of carboxylic acid groups (broad SMARTS) is 1. The van der Waals surface area contributed by atoms with Gasteiger partial charge in [-0.3, -0.25) is 14.6 Å². The molecule has 3 N–H and O–H groups in total. The molecule has 44 heavy (non-hydrogen) atoms. The number of pyridine rings is 1. The van der Waals surface area contributed by atoms with Crippen molar-refractivity contribution in [1.29, 1.82) is 0 Å². The first-order valence-electron chi connectivity index (χ1n) is 15.0. The molecule has 0 bridgehead atoms. The largest absolute Gasteiger partial charge is 0.478 e. The highest BCUT2D eigenvalue weighted by atomic mass is 35.5. The van der Waals surface area contributed by atoms with Crippen molar-refractivity contribution in [2.75, 3.05) is 5.32 Å². The number of fused-ring (bicyclic) bond motifs is 1. The van der Waals surface area contributed by atoms with Crippen molar-refractivity contribution < 1.29 is 19.5 Å². The molecule has 0 radical (unpaired) electrons. The summed E-state index contributed by atoms with van der Waals surface area (Å²) in [5, 5.41) is 16.8. The van der Waals surface area contributed by atoms with E-state index in [0.29, 0.717) is 35.0 Å². The normalized spacial score (nSPS) is 16.5. The quantitative estimate of drug-likeness (QED) is 0.181. The van der Waals surface area contributed by atoms with E-state index in [1.807, 2.05) is 37.4 Å². The fourth-order valence-electron chi connectivity index (χ4n) is 6.51. The molecule has 0 saturated heterocycles. The van der Waals surface area contributed by atoms with Gasteiger partial charge in [0.25, 0.3) is 5.91 Å². The van der Waals surface area contributed by atoms with Crippen molar-refractivity contribution in [3.05, 3.63) is 88.1 Å². The number of carbonyl (C=O) groups excluding carboxylic acids is 2. The van der Waals surface area contributed by atoms with Gasteiger partial charge in [0, 0.05) is 41.0 Å². The number of nitrogens with one attached hydrogen (secondary N) is 2. The Hall–Kier alpha value is -4.43. The van der Waals surface area contributed by atoms with Gasteiger partial charge in [-0.2, -0.15) is 0 Å². The van der Waals surface area contributed by atoms with Gasteiger partial charge in [-0.1, -0.05) is 42.6 Å². The van der Waals surface area contributed by atoms with Crippen molar-refractivity contribution >= 4 is 52.1 Å². The Morgan fingerprint density at radius 3 is 2.36 bits per heavy atom. The van der Waals surface area contributed by atoms with Crippen LogP contribution in [-0.4, -0.2) is 38.0 Å². The molecule has 2 saturated carbocycles. The first-order chi connectivity index (χ1) is 21.1. The van der Waals surface area contributed by atoms with Gasteiger partial charge < -0.3 is 20.3 Å². The smallest absolute Gasteiger partial charge is 0.331 e. The average Bonchev–Trinajstić information content (AvgIpc) is 3.62. The summed E-state index contributed by atoms with van der Waals surface area (Å²) in [4.78, 5) is 42.8. The van der Waals surface area contributed by atoms with E-state index in [0.717, 1.165) is 47.1 Å². The molecule has 2 aliphatic rings. The first kappa shape index (κ1) is 29.6. The van der Waals surface area contributed by atoms with Gasteiger partial charge in [-0.25, -0.2) is 4.79 Å². The first-order valence-corrected chi connectivity index (χ1v) is 15.4. The van der Waals surface area contributed by atoms with Crippen LogP contribution in [0, 0.1) is 0 Å². The molecule has 2 aromatic heterocycles. The zero-order valence-corrected chi connectivity index (χ0v) is 25.6. The lowest BCUT2D eigenvalue weighted by Gasteiger charge is -2.40. The third-order valence-corrected chi connectivity index (χ3v) is 9.34. The Balaban J connectivity index is 1.25. The highest BCUT2D eigenvalue weighted by molar-refractivity contribution is 6.30. The van der Waals surface area contributed by atoms with Crippen LogP contribution in [-0.2, 0) is 16.6 Å². The van der Waals surface area contributed by atoms with Gasteiger partial charge >= 0.3 is 5.97 Å². The predicted octanol–water partition coefficient (Wildman–Crippen LogP) is 7.33. The number of anilines is 1. The number of hydrogen-bond acceptors (Lipinski definition) is 4. The topological polar surface area (TPSA) is 113 Å². The third-order valence-electron chi connectivity index (χ3n) is 9.12. The SMILES string of the molecule is C/C(=C\c1ccc(NC(=O)C2(NC(=O)c3ccc4c(C5CCCC5)c(-c5ccc(Cl)cn5)n(C)c4c3)CCC2)cc1)C(=O)O. The van der Waals surface area contributed by atoms with E-state index >= 15 is 0 Å². The monoisotopic (exact) mass is 610 g/mol. The summed E-state index contributed by atoms with van der Waals surface area (Å²) < 4.78 is 2.12. The van der Waals surface area contributed by atoms with E-state index in [-0.39, 0.29) is 17.4 Å². The Morgan fingerprint density at radius 1 is 1.02 bits per heavy atom. The van der Waals surface area contributed by atoms with E-state index in [9.17, 15) is 14.4 Å². The minimum absolute atomic E-state index is 0.221. The van der Waals surface area contributed by atoms with Gasteiger partial charge in [0.1, 0.15) is 5.54 Å². The number of aliphatic carboxylic acids is 1. The molecule has 2 heterocycles. The molecule has 0 unspecified atom stereocenters. The number of hydrogen-bond donors (Lipinski definition) is 3. The van der Waals surface area contributed by atoms with Crippen LogP contribution in [0.4, 0.5) is 5.69 Å². The molecule has 6 rings (SSSR count). The van der Waals surface area contributed by atoms with E-state index in [4.69, 9.17) is 16.7 Å². The zero-order valence-electron chi connectivity index (χ0n) is 24.8. The number of benzene rings is 2. The van der Waals surface area contributed by atoms with E-state index in [1.165, 1.54) is 25.3 Å². The lowest BCUT2D eigenvalue weighted by atomic mass is 9.75. The summed E-state index contributed by atoms with van der Waals surface area (Å²) in [6.07, 6.45) is 9.82. The summed E-state index contributed by atoms with van der Waals surface area (Å²) in [6.45, 7) is 1.53. The maximum absolute atomic E-state index is 13.6. The van der Waals surface area contributed by atoms with Crippen LogP contribution in [0.2, 0.25) is 5.02 Å². The fraction of sp³-hybridized carbons (Fsp3) is 0.314. The van der Waals surface area contributed by atoms with Crippen LogP contribution in [0.5, 0.6) is 0 Å². The Kier molecular flexibility index (Phi) is 8.03. The van der Waals surface area contributed by atoms with E-state index < -0.39 is 11.5 Å². The summed E-state index contributed by atoms with van der Waals surface area (Å²) in [5.41, 5.74) is 5.15. The van der Waals surface area contributed by atoms with Gasteiger partial charge in [0.2, 0.25) is 5.91 Å². The number of carbonyl (C=O) groups is 3. The second kappa shape index (κ2) is 11.9. The number of aromatic nitrogens is 2. The van der Waals surface area contributed by atoms with Crippen molar-refractivity contribution in [3.8, 4) is 11.4 Å². The van der Waals surface area contributed by atoms with Crippen molar-refractivity contribution in [1.82, 2.24) is 14.9 Å². The third kappa shape index (κ3) is 5.62. The molecule has 8 nitrogen and oxygen atoms in total. The molecule has 2 fully saturated rings. The van der Waals surface area contributed by atoms with Crippen LogP contribution in [0.1, 0.15) is 79.3 Å². The second-order valence-electron chi connectivity index (χ2n) is 12.0. The van der Waals surface area contributed by atoms with Crippen molar-refractivity contribution in [2.45, 2.75) is 63.3 Å². The lowest BCUT2D eigenvalue weighted by molar-refractivity contribution is -0.132. The summed E-state index contributed by atoms with van der Waals surface area (Å²) in [5.74, 6) is -1.11. The average molecular weight is 611 g/mol. The molecule has 0 aliphatic heterocycles. The molecule has 4 aromatic rings. The number of aryl methyl sites for hydroxylation is 1. The Morgan fingerprint density at radius 2 is 1.75 bits per heavy atom. The minimum Gasteiger partial charge on any atom is -0.478 e. The molecule has 2 aromatic carbocycles. The minimum atomic E-state index is -0.994. The second-order valence-corrected chi connectivity index (χ2v) is 12.4. The molecule has 9 heteroatoms. The summed E-state index contributed by atoms with van der Waals surface area (Å²) in [6, 6.07) is 16.6. The number of amides is 2. The number of carboxylic acids is 1. The van der Waals surface area contributed by atoms with Crippen LogP contribution in [0.3, 0.4) is 0 Å². The van der Waals surface area contributed by atoms with Crippen LogP contribution < -0.4 is 10.6 Å². The highest BCUT2D eigenvalue weighted by Gasteiger charge is 2.45. The lowest BCUT2D eigenvalue weighted by Crippen LogP contribution is -2.61. The maximum atomic E-state index is 13.6. The molecular formula is C35H35ClN4O4. The Labute approximate surface area is 261 Å². The predicted molar refractivity (Wildman–Crippen MR) is 173 cm³/mol. The highest BCUT2D eigenvalue weighted by Crippen LogP contribution is 2.44. The summed E-state index contributed by atoms with van der Waals surface area (Å²) >= 11 is 6.15. The maximum Gasteiger partial charge on any atom is 0.331 e.